The minimum atomic E-state index is 0.752. The van der Waals surface area contributed by atoms with E-state index in [2.05, 4.69) is 10.4 Å². The largest absolute Gasteiger partial charge is 0.383 e. The predicted octanol–water partition coefficient (Wildman–Crippen LogP) is 3.74. The Hall–Kier alpha value is -1.48. The first-order chi connectivity index (χ1) is 8.83. The minimum Gasteiger partial charge on any atom is -0.383 e. The van der Waals surface area contributed by atoms with E-state index in [-0.39, 0.29) is 0 Å². The second kappa shape index (κ2) is 5.02. The molecular formula is C14H16ClN3. The molecule has 3 nitrogen and oxygen atoms in total. The number of hydrogen-bond acceptors (Lipinski definition) is 2. The van der Waals surface area contributed by atoms with Crippen LogP contribution in [0.25, 0.3) is 5.69 Å². The lowest BCUT2D eigenvalue weighted by Gasteiger charge is -2.26. The lowest BCUT2D eigenvalue weighted by molar-refractivity contribution is 0.333. The van der Waals surface area contributed by atoms with Gasteiger partial charge < -0.3 is 5.32 Å². The zero-order valence-corrected chi connectivity index (χ0v) is 10.9. The SMILES string of the molecule is Clc1ccc(-n2cccn2)c(NCC2CCC2)c1. The van der Waals surface area contributed by atoms with Crippen molar-refractivity contribution in [2.24, 2.45) is 5.92 Å². The molecule has 0 atom stereocenters. The summed E-state index contributed by atoms with van der Waals surface area (Å²) in [6, 6.07) is 7.78. The maximum absolute atomic E-state index is 6.07. The number of benzene rings is 1. The molecule has 4 heteroatoms. The number of aromatic nitrogens is 2. The fraction of sp³-hybridized carbons (Fsp3) is 0.357. The molecule has 3 rings (SSSR count). The monoisotopic (exact) mass is 261 g/mol. The van der Waals surface area contributed by atoms with Crippen LogP contribution in [0.2, 0.25) is 5.02 Å². The Morgan fingerprint density at radius 2 is 2.28 bits per heavy atom. The highest BCUT2D eigenvalue weighted by atomic mass is 35.5. The van der Waals surface area contributed by atoms with Crippen LogP contribution >= 0.6 is 11.6 Å². The molecule has 1 aromatic heterocycles. The number of halogens is 1. The lowest BCUT2D eigenvalue weighted by Crippen LogP contribution is -2.21. The van der Waals surface area contributed by atoms with Crippen LogP contribution in [0.5, 0.6) is 0 Å². The lowest BCUT2D eigenvalue weighted by atomic mass is 9.85. The third kappa shape index (κ3) is 2.36. The van der Waals surface area contributed by atoms with Gasteiger partial charge in [-0.25, -0.2) is 4.68 Å². The van der Waals surface area contributed by atoms with Crippen molar-refractivity contribution in [1.29, 1.82) is 0 Å². The number of rotatable bonds is 4. The fourth-order valence-corrected chi connectivity index (χ4v) is 2.38. The highest BCUT2D eigenvalue weighted by molar-refractivity contribution is 6.31. The van der Waals surface area contributed by atoms with Crippen molar-refractivity contribution < 1.29 is 0 Å². The van der Waals surface area contributed by atoms with E-state index < -0.39 is 0 Å². The van der Waals surface area contributed by atoms with Gasteiger partial charge in [0, 0.05) is 24.0 Å². The van der Waals surface area contributed by atoms with Gasteiger partial charge >= 0.3 is 0 Å². The molecular weight excluding hydrogens is 246 g/mol. The molecule has 0 unspecified atom stereocenters. The molecule has 1 aliphatic rings. The fourth-order valence-electron chi connectivity index (χ4n) is 2.21. The smallest absolute Gasteiger partial charge is 0.0877 e. The van der Waals surface area contributed by atoms with Crippen LogP contribution in [0.4, 0.5) is 5.69 Å². The van der Waals surface area contributed by atoms with E-state index in [1.807, 2.05) is 35.1 Å². The van der Waals surface area contributed by atoms with Crippen molar-refractivity contribution in [3.8, 4) is 5.69 Å². The molecule has 0 spiro atoms. The molecule has 0 bridgehead atoms. The summed E-state index contributed by atoms with van der Waals surface area (Å²) in [5.41, 5.74) is 2.10. The van der Waals surface area contributed by atoms with E-state index in [4.69, 9.17) is 11.6 Å². The summed E-state index contributed by atoms with van der Waals surface area (Å²) in [7, 11) is 0. The Bertz CT molecular complexity index is 518. The maximum Gasteiger partial charge on any atom is 0.0877 e. The van der Waals surface area contributed by atoms with Gasteiger partial charge in [-0.15, -0.1) is 0 Å². The number of hydrogen-bond donors (Lipinski definition) is 1. The standard InChI is InChI=1S/C14H16ClN3/c15-12-5-6-14(18-8-2-7-17-18)13(9-12)16-10-11-3-1-4-11/h2,5-9,11,16H,1,3-4,10H2. The molecule has 1 N–H and O–H groups in total. The van der Waals surface area contributed by atoms with Crippen LogP contribution in [0.15, 0.2) is 36.7 Å². The second-order valence-electron chi connectivity index (χ2n) is 4.79. The Labute approximate surface area is 112 Å². The quantitative estimate of drug-likeness (QED) is 0.909. The minimum absolute atomic E-state index is 0.752. The van der Waals surface area contributed by atoms with Crippen molar-refractivity contribution in [1.82, 2.24) is 9.78 Å². The zero-order chi connectivity index (χ0) is 12.4. The van der Waals surface area contributed by atoms with Crippen LogP contribution in [-0.2, 0) is 0 Å². The number of nitrogens with one attached hydrogen (secondary N) is 1. The van der Waals surface area contributed by atoms with Gasteiger partial charge in [-0.3, -0.25) is 0 Å². The summed E-state index contributed by atoms with van der Waals surface area (Å²) in [5.74, 6) is 0.814. The van der Waals surface area contributed by atoms with Crippen LogP contribution in [0.1, 0.15) is 19.3 Å². The van der Waals surface area contributed by atoms with E-state index in [0.29, 0.717) is 0 Å². The highest BCUT2D eigenvalue weighted by Gasteiger charge is 2.17. The highest BCUT2D eigenvalue weighted by Crippen LogP contribution is 2.29. The van der Waals surface area contributed by atoms with Gasteiger partial charge in [-0.05, 0) is 43.0 Å². The molecule has 18 heavy (non-hydrogen) atoms. The normalized spacial score (nSPS) is 15.4. The molecule has 0 radical (unpaired) electrons. The van der Waals surface area contributed by atoms with Crippen molar-refractivity contribution in [2.75, 3.05) is 11.9 Å². The average Bonchev–Trinajstić information content (AvgIpc) is 2.80. The molecule has 0 amide bonds. The van der Waals surface area contributed by atoms with Gasteiger partial charge in [0.05, 0.1) is 11.4 Å². The van der Waals surface area contributed by atoms with Crippen molar-refractivity contribution in [3.05, 3.63) is 41.7 Å². The summed E-state index contributed by atoms with van der Waals surface area (Å²) in [5, 5.41) is 8.52. The molecule has 1 aliphatic carbocycles. The van der Waals surface area contributed by atoms with E-state index in [1.54, 1.807) is 6.20 Å². The first-order valence-electron chi connectivity index (χ1n) is 6.36. The van der Waals surface area contributed by atoms with E-state index in [9.17, 15) is 0 Å². The predicted molar refractivity (Wildman–Crippen MR) is 74.4 cm³/mol. The summed E-state index contributed by atoms with van der Waals surface area (Å²) >= 11 is 6.07. The summed E-state index contributed by atoms with van der Waals surface area (Å²) in [6.07, 6.45) is 7.77. The third-order valence-electron chi connectivity index (χ3n) is 3.52. The molecule has 2 aromatic rings. The number of nitrogens with zero attached hydrogens (tertiary/aromatic N) is 2. The van der Waals surface area contributed by atoms with Gasteiger partial charge in [0.25, 0.3) is 0 Å². The van der Waals surface area contributed by atoms with Gasteiger partial charge in [0.1, 0.15) is 0 Å². The average molecular weight is 262 g/mol. The van der Waals surface area contributed by atoms with E-state index >= 15 is 0 Å². The van der Waals surface area contributed by atoms with Gasteiger partial charge in [0.2, 0.25) is 0 Å². The van der Waals surface area contributed by atoms with Crippen LogP contribution in [-0.4, -0.2) is 16.3 Å². The summed E-state index contributed by atoms with van der Waals surface area (Å²) in [6.45, 7) is 1.02. The van der Waals surface area contributed by atoms with Crippen molar-refractivity contribution >= 4 is 17.3 Å². The molecule has 1 heterocycles. The molecule has 1 fully saturated rings. The first kappa shape index (κ1) is 11.6. The molecule has 1 saturated carbocycles. The zero-order valence-electron chi connectivity index (χ0n) is 10.1. The maximum atomic E-state index is 6.07. The summed E-state index contributed by atoms with van der Waals surface area (Å²) < 4.78 is 1.86. The first-order valence-corrected chi connectivity index (χ1v) is 6.74. The van der Waals surface area contributed by atoms with Crippen LogP contribution in [0.3, 0.4) is 0 Å². The van der Waals surface area contributed by atoms with Crippen LogP contribution < -0.4 is 5.32 Å². The summed E-state index contributed by atoms with van der Waals surface area (Å²) in [4.78, 5) is 0. The number of anilines is 1. The van der Waals surface area contributed by atoms with Crippen molar-refractivity contribution in [2.45, 2.75) is 19.3 Å². The molecule has 1 aromatic carbocycles. The molecule has 0 aliphatic heterocycles. The Morgan fingerprint density at radius 1 is 1.39 bits per heavy atom. The third-order valence-corrected chi connectivity index (χ3v) is 3.75. The van der Waals surface area contributed by atoms with Crippen molar-refractivity contribution in [3.63, 3.8) is 0 Å². The molecule has 94 valence electrons. The Morgan fingerprint density at radius 3 is 2.94 bits per heavy atom. The molecule has 0 saturated heterocycles. The van der Waals surface area contributed by atoms with Gasteiger partial charge in [-0.1, -0.05) is 18.0 Å². The van der Waals surface area contributed by atoms with Gasteiger partial charge in [-0.2, -0.15) is 5.10 Å². The van der Waals surface area contributed by atoms with E-state index in [1.165, 1.54) is 19.3 Å². The topological polar surface area (TPSA) is 29.9 Å². The van der Waals surface area contributed by atoms with E-state index in [0.717, 1.165) is 28.9 Å². The Kier molecular flexibility index (Phi) is 3.24. The van der Waals surface area contributed by atoms with Crippen LogP contribution in [0, 0.1) is 5.92 Å². The van der Waals surface area contributed by atoms with Gasteiger partial charge in [0.15, 0.2) is 0 Å². The second-order valence-corrected chi connectivity index (χ2v) is 5.23. The Balaban J connectivity index is 1.83.